The summed E-state index contributed by atoms with van der Waals surface area (Å²) in [5, 5.41) is 10.1. The Morgan fingerprint density at radius 2 is 1.82 bits per heavy atom. The van der Waals surface area contributed by atoms with Gasteiger partial charge in [0, 0.05) is 23.6 Å². The molecule has 0 bridgehead atoms. The van der Waals surface area contributed by atoms with Crippen LogP contribution in [0.4, 0.5) is 5.69 Å². The Kier molecular flexibility index (Phi) is 7.53. The lowest BCUT2D eigenvalue weighted by molar-refractivity contribution is -0.121. The van der Waals surface area contributed by atoms with Gasteiger partial charge in [0.05, 0.1) is 18.9 Å². The van der Waals surface area contributed by atoms with Crippen molar-refractivity contribution in [3.8, 4) is 5.75 Å². The minimum atomic E-state index is -0.608. The Labute approximate surface area is 230 Å². The molecule has 0 saturated heterocycles. The van der Waals surface area contributed by atoms with E-state index in [1.165, 1.54) is 11.8 Å². The quantitative estimate of drug-likeness (QED) is 0.401. The fourth-order valence-corrected chi connectivity index (χ4v) is 5.58. The predicted octanol–water partition coefficient (Wildman–Crippen LogP) is 6.14. The van der Waals surface area contributed by atoms with E-state index >= 15 is 0 Å². The van der Waals surface area contributed by atoms with Crippen LogP contribution in [0.15, 0.2) is 76.8 Å². The minimum Gasteiger partial charge on any atom is -0.497 e. The molecule has 0 spiro atoms. The molecule has 0 fully saturated rings. The van der Waals surface area contributed by atoms with Gasteiger partial charge in [-0.2, -0.15) is 10.1 Å². The third-order valence-corrected chi connectivity index (χ3v) is 8.07. The van der Waals surface area contributed by atoms with Crippen molar-refractivity contribution in [2.24, 2.45) is 10.1 Å². The molecular formula is C29H27ClN4O3S. The number of halogens is 1. The Morgan fingerprint density at radius 3 is 2.50 bits per heavy atom. The topological polar surface area (TPSA) is 83.4 Å². The SMILES string of the molecule is COc1ccc(C2CC(c3ccc(Cl)cc3)=NN2C2=NC(=O)C(CC(=O)Nc3ccc(C)c(C)c3)S2)cc1. The van der Waals surface area contributed by atoms with Gasteiger partial charge in [0.25, 0.3) is 5.91 Å². The lowest BCUT2D eigenvalue weighted by Crippen LogP contribution is -2.25. The highest BCUT2D eigenvalue weighted by atomic mass is 35.5. The van der Waals surface area contributed by atoms with Gasteiger partial charge < -0.3 is 10.1 Å². The number of benzene rings is 3. The summed E-state index contributed by atoms with van der Waals surface area (Å²) in [5.74, 6) is 0.202. The third-order valence-electron chi connectivity index (χ3n) is 6.67. The van der Waals surface area contributed by atoms with Crippen LogP contribution in [0.25, 0.3) is 0 Å². The van der Waals surface area contributed by atoms with Crippen LogP contribution in [-0.4, -0.2) is 40.1 Å². The normalized spacial score (nSPS) is 18.8. The number of amides is 2. The Hall–Kier alpha value is -3.62. The standard InChI is InChI=1S/C29H27ClN4O3S/c1-17-4-11-22(14-18(17)2)31-27(35)16-26-28(36)32-29(38-26)34-25(20-7-12-23(37-3)13-8-20)15-24(33-34)19-5-9-21(30)10-6-19/h4-14,25-26H,15-16H2,1-3H3,(H,31,35). The number of hydrogen-bond acceptors (Lipinski definition) is 6. The monoisotopic (exact) mass is 546 g/mol. The number of anilines is 1. The molecule has 2 atom stereocenters. The number of amidine groups is 1. The first-order chi connectivity index (χ1) is 18.3. The van der Waals surface area contributed by atoms with Gasteiger partial charge in [0.2, 0.25) is 5.91 Å². The molecule has 2 aliphatic rings. The molecule has 2 amide bonds. The smallest absolute Gasteiger partial charge is 0.262 e. The Bertz CT molecular complexity index is 1440. The zero-order valence-corrected chi connectivity index (χ0v) is 22.8. The van der Waals surface area contributed by atoms with Gasteiger partial charge in [-0.25, -0.2) is 5.01 Å². The third kappa shape index (κ3) is 5.61. The molecule has 1 N–H and O–H groups in total. The second kappa shape index (κ2) is 11.0. The summed E-state index contributed by atoms with van der Waals surface area (Å²) < 4.78 is 5.31. The first-order valence-corrected chi connectivity index (χ1v) is 13.5. The van der Waals surface area contributed by atoms with Gasteiger partial charge in [-0.05, 0) is 72.5 Å². The highest BCUT2D eigenvalue weighted by Gasteiger charge is 2.39. The van der Waals surface area contributed by atoms with Crippen LogP contribution < -0.4 is 10.1 Å². The Morgan fingerprint density at radius 1 is 1.08 bits per heavy atom. The molecule has 0 aliphatic carbocycles. The van der Waals surface area contributed by atoms with Crippen molar-refractivity contribution >= 4 is 51.7 Å². The number of thioether (sulfide) groups is 1. The summed E-state index contributed by atoms with van der Waals surface area (Å²) in [6.07, 6.45) is 0.651. The van der Waals surface area contributed by atoms with E-state index in [-0.39, 0.29) is 24.3 Å². The average molecular weight is 547 g/mol. The molecule has 2 aliphatic heterocycles. The number of aryl methyl sites for hydroxylation is 2. The van der Waals surface area contributed by atoms with E-state index in [9.17, 15) is 9.59 Å². The maximum atomic E-state index is 12.8. The molecule has 38 heavy (non-hydrogen) atoms. The zero-order valence-electron chi connectivity index (χ0n) is 21.3. The maximum Gasteiger partial charge on any atom is 0.262 e. The number of carbonyl (C=O) groups excluding carboxylic acids is 2. The molecular weight excluding hydrogens is 520 g/mol. The van der Waals surface area contributed by atoms with Gasteiger partial charge >= 0.3 is 0 Å². The number of aliphatic imine (C=N–C) groups is 1. The van der Waals surface area contributed by atoms with E-state index in [1.54, 1.807) is 12.1 Å². The van der Waals surface area contributed by atoms with Crippen LogP contribution in [0.1, 0.15) is 41.1 Å². The van der Waals surface area contributed by atoms with E-state index in [1.807, 2.05) is 80.6 Å². The van der Waals surface area contributed by atoms with Crippen molar-refractivity contribution in [1.29, 1.82) is 0 Å². The van der Waals surface area contributed by atoms with Crippen LogP contribution in [0.2, 0.25) is 5.02 Å². The van der Waals surface area contributed by atoms with Crippen LogP contribution in [0.3, 0.4) is 0 Å². The number of nitrogens with zero attached hydrogens (tertiary/aromatic N) is 3. The number of hydrogen-bond donors (Lipinski definition) is 1. The van der Waals surface area contributed by atoms with E-state index in [0.717, 1.165) is 33.7 Å². The number of carbonyl (C=O) groups is 2. The first-order valence-electron chi connectivity index (χ1n) is 12.2. The van der Waals surface area contributed by atoms with E-state index in [4.69, 9.17) is 21.4 Å². The highest BCUT2D eigenvalue weighted by Crippen LogP contribution is 2.39. The second-order valence-electron chi connectivity index (χ2n) is 9.28. The minimum absolute atomic E-state index is 0.0260. The largest absolute Gasteiger partial charge is 0.497 e. The second-order valence-corrected chi connectivity index (χ2v) is 10.9. The van der Waals surface area contributed by atoms with Gasteiger partial charge in [0.1, 0.15) is 11.0 Å². The van der Waals surface area contributed by atoms with Crippen LogP contribution in [0, 0.1) is 13.8 Å². The van der Waals surface area contributed by atoms with E-state index < -0.39 is 5.25 Å². The Balaban J connectivity index is 1.34. The number of hydrazone groups is 1. The predicted molar refractivity (Wildman–Crippen MR) is 153 cm³/mol. The zero-order chi connectivity index (χ0) is 26.8. The van der Waals surface area contributed by atoms with Crippen LogP contribution in [0.5, 0.6) is 5.75 Å². The van der Waals surface area contributed by atoms with Crippen molar-refractivity contribution in [2.45, 2.75) is 38.0 Å². The fraction of sp³-hybridized carbons (Fsp3) is 0.241. The lowest BCUT2D eigenvalue weighted by atomic mass is 9.98. The van der Waals surface area contributed by atoms with Gasteiger partial charge in [0.15, 0.2) is 5.17 Å². The lowest BCUT2D eigenvalue weighted by Gasteiger charge is -2.23. The molecule has 0 aromatic heterocycles. The van der Waals surface area contributed by atoms with Crippen LogP contribution in [-0.2, 0) is 9.59 Å². The molecule has 2 unspecified atom stereocenters. The molecule has 3 aromatic carbocycles. The summed E-state index contributed by atoms with van der Waals surface area (Å²) in [6, 6.07) is 20.9. The van der Waals surface area contributed by atoms with Crippen molar-refractivity contribution < 1.29 is 14.3 Å². The van der Waals surface area contributed by atoms with Gasteiger partial charge in [-0.15, -0.1) is 0 Å². The van der Waals surface area contributed by atoms with Crippen molar-refractivity contribution in [1.82, 2.24) is 5.01 Å². The highest BCUT2D eigenvalue weighted by molar-refractivity contribution is 8.15. The molecule has 5 rings (SSSR count). The molecule has 2 heterocycles. The summed E-state index contributed by atoms with van der Waals surface area (Å²) in [6.45, 7) is 4.02. The van der Waals surface area contributed by atoms with Crippen molar-refractivity contribution in [3.05, 3.63) is 94.0 Å². The molecule has 0 radical (unpaired) electrons. The molecule has 3 aromatic rings. The van der Waals surface area contributed by atoms with Gasteiger partial charge in [-0.1, -0.05) is 53.7 Å². The van der Waals surface area contributed by atoms with E-state index in [0.29, 0.717) is 22.3 Å². The molecule has 0 saturated carbocycles. The van der Waals surface area contributed by atoms with E-state index in [2.05, 4.69) is 10.3 Å². The summed E-state index contributed by atoms with van der Waals surface area (Å²) in [7, 11) is 1.63. The summed E-state index contributed by atoms with van der Waals surface area (Å²) >= 11 is 7.37. The van der Waals surface area contributed by atoms with Crippen molar-refractivity contribution in [2.75, 3.05) is 12.4 Å². The van der Waals surface area contributed by atoms with Crippen LogP contribution >= 0.6 is 23.4 Å². The molecule has 9 heteroatoms. The first kappa shape index (κ1) is 26.0. The molecule has 194 valence electrons. The maximum absolute atomic E-state index is 12.8. The van der Waals surface area contributed by atoms with Gasteiger partial charge in [-0.3, -0.25) is 9.59 Å². The number of rotatable bonds is 6. The van der Waals surface area contributed by atoms with Crippen molar-refractivity contribution in [3.63, 3.8) is 0 Å². The number of methoxy groups -OCH3 is 1. The average Bonchev–Trinajstić information content (AvgIpc) is 3.50. The summed E-state index contributed by atoms with van der Waals surface area (Å²) in [4.78, 5) is 29.9. The fourth-order valence-electron chi connectivity index (χ4n) is 4.39. The molecule has 7 nitrogen and oxygen atoms in total. The summed E-state index contributed by atoms with van der Waals surface area (Å²) in [5.41, 5.74) is 5.80. The number of ether oxygens (including phenoxy) is 1. The number of nitrogens with one attached hydrogen (secondary N) is 1.